The molecule has 1 aromatic rings. The van der Waals surface area contributed by atoms with Crippen molar-refractivity contribution in [2.45, 2.75) is 99.8 Å². The second kappa shape index (κ2) is 9.74. The third kappa shape index (κ3) is 4.79. The van der Waals surface area contributed by atoms with Crippen molar-refractivity contribution in [3.05, 3.63) is 50.2 Å². The van der Waals surface area contributed by atoms with E-state index in [1.807, 2.05) is 5.20 Å². The summed E-state index contributed by atoms with van der Waals surface area (Å²) in [6.07, 6.45) is 13.2. The van der Waals surface area contributed by atoms with Crippen LogP contribution in [-0.2, 0) is 0 Å². The molecule has 0 unspecified atom stereocenters. The molecule has 0 atom stereocenters. The Labute approximate surface area is 165 Å². The van der Waals surface area contributed by atoms with Crippen LogP contribution >= 0.6 is 0 Å². The normalized spacial score (nSPS) is 14.8. The van der Waals surface area contributed by atoms with Crippen LogP contribution in [0.5, 0.6) is 0 Å². The van der Waals surface area contributed by atoms with Crippen molar-refractivity contribution in [1.82, 2.24) is 0 Å². The number of allylic oxidation sites excluding steroid dienone is 4. The molecule has 26 heavy (non-hydrogen) atoms. The molecule has 0 amide bonds. The average molecular weight is 369 g/mol. The highest BCUT2D eigenvalue weighted by Gasteiger charge is 2.19. The summed E-state index contributed by atoms with van der Waals surface area (Å²) in [7, 11) is -0.360. The van der Waals surface area contributed by atoms with E-state index in [4.69, 9.17) is 0 Å². The molecule has 0 N–H and O–H groups in total. The van der Waals surface area contributed by atoms with Gasteiger partial charge in [-0.1, -0.05) is 60.7 Å². The van der Waals surface area contributed by atoms with Crippen molar-refractivity contribution in [2.75, 3.05) is 0 Å². The molecule has 0 saturated carbocycles. The number of benzene rings is 1. The highest BCUT2D eigenvalue weighted by Crippen LogP contribution is 2.32. The molecule has 1 aliphatic rings. The van der Waals surface area contributed by atoms with Crippen LogP contribution < -0.4 is 5.19 Å². The highest BCUT2D eigenvalue weighted by atomic mass is 28.2. The molecule has 0 bridgehead atoms. The summed E-state index contributed by atoms with van der Waals surface area (Å²) in [5.74, 6) is 0. The smallest absolute Gasteiger partial charge is 0.0755 e. The van der Waals surface area contributed by atoms with E-state index in [2.05, 4.69) is 54.5 Å². The van der Waals surface area contributed by atoms with Gasteiger partial charge >= 0.3 is 0 Å². The van der Waals surface area contributed by atoms with Gasteiger partial charge in [-0.2, -0.15) is 0 Å². The molecule has 0 nitrogen and oxygen atoms in total. The first-order chi connectivity index (χ1) is 12.4. The molecule has 1 aliphatic carbocycles. The van der Waals surface area contributed by atoms with Gasteiger partial charge in [-0.05, 0) is 94.5 Å². The molecular weight excluding hydrogens is 328 g/mol. The van der Waals surface area contributed by atoms with Crippen LogP contribution in [0.15, 0.2) is 22.4 Å². The zero-order chi connectivity index (χ0) is 19.3. The third-order valence-corrected chi connectivity index (χ3v) is 9.26. The van der Waals surface area contributed by atoms with E-state index >= 15 is 0 Å². The van der Waals surface area contributed by atoms with E-state index in [9.17, 15) is 0 Å². The van der Waals surface area contributed by atoms with Gasteiger partial charge in [0.15, 0.2) is 0 Å². The number of rotatable bonds is 9. The maximum Gasteiger partial charge on any atom is 0.0839 e. The first-order valence-electron chi connectivity index (χ1n) is 10.9. The van der Waals surface area contributed by atoms with Crippen LogP contribution in [0.25, 0.3) is 0 Å². The van der Waals surface area contributed by atoms with Crippen molar-refractivity contribution in [3.8, 4) is 0 Å². The summed E-state index contributed by atoms with van der Waals surface area (Å²) in [6, 6.07) is 0. The van der Waals surface area contributed by atoms with E-state index in [-0.39, 0.29) is 9.52 Å². The SMILES string of the molecule is CCCCCC1=CC(CCCC)=C([SiH2]c2c(C)c(C)c(C)c(C)c2C)C1. The molecule has 2 rings (SSSR count). The standard InChI is InChI=1S/C25H40Si/c1-8-10-12-13-22-15-23(14-11-9-2)24(16-22)26-25-20(6)18(4)17(3)19(5)21(25)7/h15H,8-14,16,26H2,1-7H3. The van der Waals surface area contributed by atoms with Gasteiger partial charge in [0, 0.05) is 0 Å². The maximum absolute atomic E-state index is 2.60. The van der Waals surface area contributed by atoms with Crippen LogP contribution in [0, 0.1) is 34.6 Å². The number of hydrogen-bond donors (Lipinski definition) is 0. The predicted octanol–water partition coefficient (Wildman–Crippen LogP) is 6.38. The fraction of sp³-hybridized carbons (Fsp3) is 0.600. The summed E-state index contributed by atoms with van der Waals surface area (Å²) in [4.78, 5) is 0. The molecule has 1 heteroatoms. The van der Waals surface area contributed by atoms with Gasteiger partial charge in [-0.25, -0.2) is 0 Å². The van der Waals surface area contributed by atoms with E-state index in [1.165, 1.54) is 68.1 Å². The zero-order valence-electron chi connectivity index (χ0n) is 18.4. The lowest BCUT2D eigenvalue weighted by atomic mass is 9.95. The first kappa shape index (κ1) is 21.2. The van der Waals surface area contributed by atoms with Crippen molar-refractivity contribution in [2.24, 2.45) is 0 Å². The lowest BCUT2D eigenvalue weighted by Gasteiger charge is -2.20. The van der Waals surface area contributed by atoms with Gasteiger partial charge in [0.05, 0.1) is 9.52 Å². The maximum atomic E-state index is 2.60. The number of hydrogen-bond acceptors (Lipinski definition) is 0. The van der Waals surface area contributed by atoms with Crippen molar-refractivity contribution >= 4 is 14.7 Å². The minimum absolute atomic E-state index is 0.360. The van der Waals surface area contributed by atoms with Gasteiger partial charge in [0.25, 0.3) is 0 Å². The zero-order valence-corrected chi connectivity index (χ0v) is 19.9. The molecular formula is C25H40Si. The molecule has 0 saturated heterocycles. The van der Waals surface area contributed by atoms with Gasteiger partial charge in [0.2, 0.25) is 0 Å². The van der Waals surface area contributed by atoms with E-state index < -0.39 is 0 Å². The molecule has 0 aliphatic heterocycles. The van der Waals surface area contributed by atoms with E-state index in [0.717, 1.165) is 0 Å². The Morgan fingerprint density at radius 1 is 0.731 bits per heavy atom. The fourth-order valence-electron chi connectivity index (χ4n) is 4.40. The van der Waals surface area contributed by atoms with Crippen LogP contribution in [-0.4, -0.2) is 9.52 Å². The van der Waals surface area contributed by atoms with Crippen molar-refractivity contribution in [1.29, 1.82) is 0 Å². The summed E-state index contributed by atoms with van der Waals surface area (Å²) < 4.78 is 0. The topological polar surface area (TPSA) is 0 Å². The second-order valence-electron chi connectivity index (χ2n) is 8.45. The lowest BCUT2D eigenvalue weighted by molar-refractivity contribution is 0.708. The predicted molar refractivity (Wildman–Crippen MR) is 122 cm³/mol. The molecule has 0 spiro atoms. The Morgan fingerprint density at radius 3 is 1.88 bits per heavy atom. The minimum Gasteiger partial charge on any atom is -0.0755 e. The van der Waals surface area contributed by atoms with Crippen LogP contribution in [0.2, 0.25) is 0 Å². The number of unbranched alkanes of at least 4 members (excludes halogenated alkanes) is 3. The lowest BCUT2D eigenvalue weighted by Crippen LogP contribution is -2.26. The summed E-state index contributed by atoms with van der Waals surface area (Å²) in [5, 5.41) is 3.58. The Hall–Kier alpha value is -1.08. The van der Waals surface area contributed by atoms with Crippen LogP contribution in [0.1, 0.15) is 93.0 Å². The first-order valence-corrected chi connectivity index (χ1v) is 12.3. The van der Waals surface area contributed by atoms with Gasteiger partial charge in [-0.15, -0.1) is 0 Å². The average Bonchev–Trinajstić information content (AvgIpc) is 3.02. The van der Waals surface area contributed by atoms with Crippen LogP contribution in [0.3, 0.4) is 0 Å². The van der Waals surface area contributed by atoms with Gasteiger partial charge in [0.1, 0.15) is 0 Å². The third-order valence-electron chi connectivity index (χ3n) is 6.72. The largest absolute Gasteiger partial charge is 0.0839 e. The molecule has 1 aromatic carbocycles. The Bertz CT molecular complexity index is 674. The quantitative estimate of drug-likeness (QED) is 0.350. The molecule has 144 valence electrons. The monoisotopic (exact) mass is 368 g/mol. The second-order valence-corrected chi connectivity index (χ2v) is 10.4. The van der Waals surface area contributed by atoms with Crippen molar-refractivity contribution < 1.29 is 0 Å². The fourth-order valence-corrected chi connectivity index (χ4v) is 6.84. The molecule has 0 radical (unpaired) electrons. The highest BCUT2D eigenvalue weighted by molar-refractivity contribution is 6.62. The van der Waals surface area contributed by atoms with Crippen LogP contribution in [0.4, 0.5) is 0 Å². The van der Waals surface area contributed by atoms with E-state index in [1.54, 1.807) is 27.5 Å². The summed E-state index contributed by atoms with van der Waals surface area (Å²) in [5.41, 5.74) is 11.2. The minimum atomic E-state index is -0.360. The van der Waals surface area contributed by atoms with E-state index in [0.29, 0.717) is 0 Å². The summed E-state index contributed by atoms with van der Waals surface area (Å²) in [6.45, 7) is 16.3. The Kier molecular flexibility index (Phi) is 7.95. The molecule has 0 aromatic heterocycles. The molecule has 0 fully saturated rings. The van der Waals surface area contributed by atoms with Gasteiger partial charge in [-0.3, -0.25) is 0 Å². The van der Waals surface area contributed by atoms with Gasteiger partial charge < -0.3 is 0 Å². The molecule has 0 heterocycles. The Balaban J connectivity index is 2.26. The Morgan fingerprint density at radius 2 is 1.31 bits per heavy atom. The van der Waals surface area contributed by atoms with Crippen molar-refractivity contribution in [3.63, 3.8) is 0 Å². The summed E-state index contributed by atoms with van der Waals surface area (Å²) >= 11 is 0.